The number of anilines is 2. The summed E-state index contributed by atoms with van der Waals surface area (Å²) in [4.78, 5) is 14.8. The zero-order valence-electron chi connectivity index (χ0n) is 17.1. The van der Waals surface area contributed by atoms with E-state index in [0.29, 0.717) is 5.69 Å². The van der Waals surface area contributed by atoms with Crippen molar-refractivity contribution in [2.45, 2.75) is 32.7 Å². The van der Waals surface area contributed by atoms with E-state index in [2.05, 4.69) is 10.2 Å². The maximum atomic E-state index is 12.5. The highest BCUT2D eigenvalue weighted by molar-refractivity contribution is 7.88. The molecule has 1 amide bonds. The zero-order valence-corrected chi connectivity index (χ0v) is 17.9. The molecule has 6 nitrogen and oxygen atoms in total. The average Bonchev–Trinajstić information content (AvgIpc) is 2.69. The molecule has 0 unspecified atom stereocenters. The topological polar surface area (TPSA) is 69.7 Å². The number of rotatable bonds is 7. The number of piperidine rings is 1. The largest absolute Gasteiger partial charge is 0.372 e. The van der Waals surface area contributed by atoms with E-state index in [4.69, 9.17) is 0 Å². The van der Waals surface area contributed by atoms with Gasteiger partial charge < -0.3 is 10.2 Å². The second-order valence-corrected chi connectivity index (χ2v) is 9.64. The van der Waals surface area contributed by atoms with Gasteiger partial charge in [-0.25, -0.2) is 8.42 Å². The second-order valence-electron chi connectivity index (χ2n) is 7.66. The zero-order chi connectivity index (χ0) is 20.9. The smallest absolute Gasteiger partial charge is 0.239 e. The summed E-state index contributed by atoms with van der Waals surface area (Å²) in [6.07, 6.45) is 4.83. The van der Waals surface area contributed by atoms with E-state index < -0.39 is 10.0 Å². The molecule has 0 saturated carbocycles. The van der Waals surface area contributed by atoms with Crippen LogP contribution in [0, 0.1) is 6.92 Å². The standard InChI is InChI=1S/C22H29N3O3S/c1-18-6-8-19(9-7-18)16-25(29(2,27)28)17-22(26)23-20-10-12-21(13-11-20)24-14-4-3-5-15-24/h6-13H,3-5,14-17H2,1-2H3,(H,23,26). The van der Waals surface area contributed by atoms with Gasteiger partial charge in [0.15, 0.2) is 0 Å². The Morgan fingerprint density at radius 1 is 1.00 bits per heavy atom. The van der Waals surface area contributed by atoms with Crippen LogP contribution in [0.4, 0.5) is 11.4 Å². The average molecular weight is 416 g/mol. The number of hydrogen-bond acceptors (Lipinski definition) is 4. The minimum atomic E-state index is -3.52. The maximum absolute atomic E-state index is 12.5. The van der Waals surface area contributed by atoms with Gasteiger partial charge in [-0.3, -0.25) is 4.79 Å². The van der Waals surface area contributed by atoms with Gasteiger partial charge >= 0.3 is 0 Å². The summed E-state index contributed by atoms with van der Waals surface area (Å²) in [6.45, 7) is 4.05. The summed E-state index contributed by atoms with van der Waals surface area (Å²) in [5.74, 6) is -0.353. The second kappa shape index (κ2) is 9.41. The number of hydrogen-bond donors (Lipinski definition) is 1. The third-order valence-corrected chi connectivity index (χ3v) is 6.34. The van der Waals surface area contributed by atoms with Crippen molar-refractivity contribution in [2.24, 2.45) is 0 Å². The molecular formula is C22H29N3O3S. The molecule has 1 aliphatic rings. The van der Waals surface area contributed by atoms with Gasteiger partial charge in [-0.2, -0.15) is 4.31 Å². The third-order valence-electron chi connectivity index (χ3n) is 5.14. The van der Waals surface area contributed by atoms with E-state index in [1.165, 1.54) is 23.6 Å². The highest BCUT2D eigenvalue weighted by Gasteiger charge is 2.21. The Morgan fingerprint density at radius 2 is 1.62 bits per heavy atom. The minimum Gasteiger partial charge on any atom is -0.372 e. The summed E-state index contributed by atoms with van der Waals surface area (Å²) in [6, 6.07) is 15.4. The van der Waals surface area contributed by atoms with Gasteiger partial charge in [-0.15, -0.1) is 0 Å². The molecule has 0 radical (unpaired) electrons. The first-order valence-electron chi connectivity index (χ1n) is 9.97. The van der Waals surface area contributed by atoms with E-state index in [9.17, 15) is 13.2 Å². The predicted molar refractivity (Wildman–Crippen MR) is 118 cm³/mol. The van der Waals surface area contributed by atoms with Gasteiger partial charge in [-0.05, 0) is 56.0 Å². The number of benzene rings is 2. The molecule has 1 N–H and O–H groups in total. The lowest BCUT2D eigenvalue weighted by atomic mass is 10.1. The normalized spacial score (nSPS) is 14.8. The van der Waals surface area contributed by atoms with Crippen LogP contribution in [0.5, 0.6) is 0 Å². The van der Waals surface area contributed by atoms with Crippen LogP contribution in [0.2, 0.25) is 0 Å². The Bertz CT molecular complexity index is 919. The fraction of sp³-hybridized carbons (Fsp3) is 0.409. The van der Waals surface area contributed by atoms with Crippen molar-refractivity contribution >= 4 is 27.3 Å². The van der Waals surface area contributed by atoms with Crippen molar-refractivity contribution in [1.29, 1.82) is 0 Å². The molecule has 0 aromatic heterocycles. The fourth-order valence-corrected chi connectivity index (χ4v) is 4.19. The molecule has 1 aliphatic heterocycles. The number of sulfonamides is 1. The highest BCUT2D eigenvalue weighted by atomic mass is 32.2. The van der Waals surface area contributed by atoms with Crippen molar-refractivity contribution < 1.29 is 13.2 Å². The monoisotopic (exact) mass is 415 g/mol. The Kier molecular flexibility index (Phi) is 6.92. The Labute approximate surface area is 173 Å². The first-order valence-corrected chi connectivity index (χ1v) is 11.8. The molecule has 156 valence electrons. The van der Waals surface area contributed by atoms with Crippen LogP contribution in [-0.4, -0.2) is 44.5 Å². The lowest BCUT2D eigenvalue weighted by molar-refractivity contribution is -0.116. The van der Waals surface area contributed by atoms with Crippen LogP contribution in [0.15, 0.2) is 48.5 Å². The van der Waals surface area contributed by atoms with E-state index in [1.54, 1.807) is 0 Å². The summed E-state index contributed by atoms with van der Waals surface area (Å²) >= 11 is 0. The minimum absolute atomic E-state index is 0.167. The maximum Gasteiger partial charge on any atom is 0.239 e. The van der Waals surface area contributed by atoms with Crippen molar-refractivity contribution in [3.05, 3.63) is 59.7 Å². The summed E-state index contributed by atoms with van der Waals surface area (Å²) < 4.78 is 25.5. The highest BCUT2D eigenvalue weighted by Crippen LogP contribution is 2.22. The molecule has 0 bridgehead atoms. The van der Waals surface area contributed by atoms with Gasteiger partial charge in [0.05, 0.1) is 12.8 Å². The van der Waals surface area contributed by atoms with Gasteiger partial charge in [0, 0.05) is 31.0 Å². The lowest BCUT2D eigenvalue weighted by Crippen LogP contribution is -2.36. The lowest BCUT2D eigenvalue weighted by Gasteiger charge is -2.28. The van der Waals surface area contributed by atoms with Gasteiger partial charge in [0.2, 0.25) is 15.9 Å². The number of aryl methyl sites for hydroxylation is 1. The van der Waals surface area contributed by atoms with Crippen LogP contribution in [-0.2, 0) is 21.4 Å². The van der Waals surface area contributed by atoms with E-state index in [-0.39, 0.29) is 19.0 Å². The Hall–Kier alpha value is -2.38. The fourth-order valence-electron chi connectivity index (χ4n) is 3.46. The van der Waals surface area contributed by atoms with E-state index >= 15 is 0 Å². The summed E-state index contributed by atoms with van der Waals surface area (Å²) in [5, 5.41) is 2.81. The molecule has 0 atom stereocenters. The van der Waals surface area contributed by atoms with Crippen LogP contribution < -0.4 is 10.2 Å². The van der Waals surface area contributed by atoms with Crippen LogP contribution in [0.3, 0.4) is 0 Å². The molecule has 1 fully saturated rings. The molecule has 1 heterocycles. The number of carbonyl (C=O) groups is 1. The Morgan fingerprint density at radius 3 is 2.21 bits per heavy atom. The predicted octanol–water partition coefficient (Wildman–Crippen LogP) is 3.39. The summed E-state index contributed by atoms with van der Waals surface area (Å²) in [5.41, 5.74) is 3.77. The first kappa shape index (κ1) is 21.3. The van der Waals surface area contributed by atoms with Crippen LogP contribution in [0.25, 0.3) is 0 Å². The third kappa shape index (κ3) is 6.30. The van der Waals surface area contributed by atoms with Gasteiger partial charge in [-0.1, -0.05) is 29.8 Å². The van der Waals surface area contributed by atoms with E-state index in [1.807, 2.05) is 55.5 Å². The molecule has 7 heteroatoms. The van der Waals surface area contributed by atoms with Crippen molar-refractivity contribution in [1.82, 2.24) is 4.31 Å². The van der Waals surface area contributed by atoms with E-state index in [0.717, 1.165) is 36.2 Å². The molecular weight excluding hydrogens is 386 g/mol. The quantitative estimate of drug-likeness (QED) is 0.753. The molecule has 0 spiro atoms. The van der Waals surface area contributed by atoms with Crippen molar-refractivity contribution in [3.8, 4) is 0 Å². The van der Waals surface area contributed by atoms with Gasteiger partial charge in [0.1, 0.15) is 0 Å². The molecule has 1 saturated heterocycles. The molecule has 29 heavy (non-hydrogen) atoms. The molecule has 3 rings (SSSR count). The number of nitrogens with zero attached hydrogens (tertiary/aromatic N) is 2. The van der Waals surface area contributed by atoms with Crippen molar-refractivity contribution in [3.63, 3.8) is 0 Å². The Balaban J connectivity index is 1.61. The SMILES string of the molecule is Cc1ccc(CN(CC(=O)Nc2ccc(N3CCCCC3)cc2)S(C)(=O)=O)cc1. The van der Waals surface area contributed by atoms with Crippen LogP contribution in [0.1, 0.15) is 30.4 Å². The number of amides is 1. The number of nitrogens with one attached hydrogen (secondary N) is 1. The molecule has 2 aromatic rings. The molecule has 0 aliphatic carbocycles. The van der Waals surface area contributed by atoms with Crippen LogP contribution >= 0.6 is 0 Å². The van der Waals surface area contributed by atoms with Crippen molar-refractivity contribution in [2.75, 3.05) is 36.1 Å². The van der Waals surface area contributed by atoms with Gasteiger partial charge in [0.25, 0.3) is 0 Å². The molecule has 2 aromatic carbocycles. The number of carbonyl (C=O) groups excluding carboxylic acids is 1. The summed E-state index contributed by atoms with van der Waals surface area (Å²) in [7, 11) is -3.52. The first-order chi connectivity index (χ1) is 13.8.